The second kappa shape index (κ2) is 17.0. The zero-order valence-electron chi connectivity index (χ0n) is 34.3. The number of amides is 1. The number of cyclic esters (lactones) is 1. The molecule has 2 aromatic rings. The van der Waals surface area contributed by atoms with Crippen molar-refractivity contribution in [3.05, 3.63) is 59.8 Å². The lowest BCUT2D eigenvalue weighted by atomic mass is 9.74. The van der Waals surface area contributed by atoms with E-state index in [4.69, 9.17) is 28.7 Å². The Labute approximate surface area is 330 Å². The minimum atomic E-state index is -1.34. The lowest BCUT2D eigenvalue weighted by molar-refractivity contribution is -0.295. The summed E-state index contributed by atoms with van der Waals surface area (Å²) in [6, 6.07) is 9.26. The molecule has 4 aliphatic rings. The Hall–Kier alpha value is -3.72. The lowest BCUT2D eigenvalue weighted by Crippen LogP contribution is -2.59. The number of likely N-dealkylation sites (N-methyl/N-ethyl adjacent to an activating group) is 1. The number of esters is 1. The summed E-state index contributed by atoms with van der Waals surface area (Å²) in [5.41, 5.74) is 0.694. The minimum Gasteiger partial charge on any atom is -0.452 e. The number of carbonyl (C=O) groups excluding carboxylic acids is 2. The van der Waals surface area contributed by atoms with Crippen LogP contribution in [0.3, 0.4) is 0 Å². The van der Waals surface area contributed by atoms with Crippen LogP contribution in [0.4, 0.5) is 4.79 Å². The van der Waals surface area contributed by atoms with Crippen LogP contribution in [-0.4, -0.2) is 137 Å². The first-order chi connectivity index (χ1) is 26.6. The maximum absolute atomic E-state index is 13.8. The molecule has 1 amide bonds. The molecular weight excluding hydrogens is 716 g/mol. The number of nitrogens with zero attached hydrogens (tertiary/aromatic N) is 4. The SMILES string of the molecule is C/C1=C\[C@H](C)[C@@H](O[C@H]2O[C@@H](C)C[C@@H](N(C)C)C2O)[C@@](C)(OC/C=C/c2ccc3ncccc3c2)C[C@@H](C)C2=NCCN3C(=O)O[C@](C)([C@H](CO)OC1=O)[C@H]3[C@@H]2C. The van der Waals surface area contributed by atoms with Crippen molar-refractivity contribution < 1.29 is 43.5 Å². The molecule has 5 heterocycles. The molecule has 1 aromatic heterocycles. The smallest absolute Gasteiger partial charge is 0.411 e. The van der Waals surface area contributed by atoms with Gasteiger partial charge in [-0.25, -0.2) is 9.59 Å². The van der Waals surface area contributed by atoms with Crippen LogP contribution in [0, 0.1) is 17.8 Å². The fraction of sp³-hybridized carbons (Fsp3) is 0.628. The fourth-order valence-corrected chi connectivity index (χ4v) is 9.50. The van der Waals surface area contributed by atoms with Crippen molar-refractivity contribution in [3.8, 4) is 0 Å². The molecule has 0 radical (unpaired) electrons. The predicted molar refractivity (Wildman–Crippen MR) is 213 cm³/mol. The van der Waals surface area contributed by atoms with Crippen LogP contribution in [0.15, 0.2) is 59.2 Å². The molecule has 0 spiro atoms. The number of pyridine rings is 1. The summed E-state index contributed by atoms with van der Waals surface area (Å²) in [5, 5.41) is 23.3. The molecule has 0 aliphatic carbocycles. The van der Waals surface area contributed by atoms with E-state index < -0.39 is 66.4 Å². The third-order valence-corrected chi connectivity index (χ3v) is 12.2. The van der Waals surface area contributed by atoms with E-state index in [9.17, 15) is 19.8 Å². The van der Waals surface area contributed by atoms with Gasteiger partial charge in [-0.05, 0) is 84.3 Å². The van der Waals surface area contributed by atoms with Crippen molar-refractivity contribution in [2.24, 2.45) is 22.7 Å². The normalized spacial score (nSPS) is 38.1. The number of ether oxygens (including phenoxy) is 5. The Kier molecular flexibility index (Phi) is 12.7. The molecule has 306 valence electrons. The van der Waals surface area contributed by atoms with Crippen LogP contribution in [0.25, 0.3) is 17.0 Å². The number of rotatable bonds is 8. The maximum atomic E-state index is 13.8. The summed E-state index contributed by atoms with van der Waals surface area (Å²) in [6.45, 7) is 13.8. The van der Waals surface area contributed by atoms with E-state index in [1.165, 1.54) is 0 Å². The van der Waals surface area contributed by atoms with Crippen molar-refractivity contribution in [1.29, 1.82) is 0 Å². The van der Waals surface area contributed by atoms with Crippen molar-refractivity contribution >= 4 is 34.8 Å². The van der Waals surface area contributed by atoms with E-state index in [1.807, 2.05) is 83.1 Å². The highest BCUT2D eigenvalue weighted by atomic mass is 16.7. The maximum Gasteiger partial charge on any atom is 0.411 e. The number of aliphatic hydroxyl groups excluding tert-OH is 2. The first kappa shape index (κ1) is 41.9. The van der Waals surface area contributed by atoms with Crippen LogP contribution in [-0.2, 0) is 28.5 Å². The first-order valence-corrected chi connectivity index (χ1v) is 19.9. The third kappa shape index (κ3) is 8.44. The summed E-state index contributed by atoms with van der Waals surface area (Å²) in [4.78, 5) is 40.4. The van der Waals surface area contributed by atoms with Gasteiger partial charge in [-0.3, -0.25) is 14.9 Å². The van der Waals surface area contributed by atoms with Gasteiger partial charge in [0.1, 0.15) is 6.10 Å². The standard InChI is InChI=1S/C43H60N4O9/c1-25-20-26(2)39(50)54-34(24-48)43(7)37-29(5)35(45-17-18-47(37)41(51)56-43)27(3)23-42(6,38(25)55-40-36(49)33(46(8)9)21-28(4)53-40)52-19-11-12-30-14-15-32-31(22-30)13-10-16-44-32/h10-16,20,22,25,27-29,33-34,36-38,40,48-49H,17-19,21,23-24H2,1-9H3/b12-11+,26-20+/t25-,27+,28-,29+,33+,34-,36?,37+,38+,40+,42-,43+/m0/s1. The Morgan fingerprint density at radius 3 is 2.62 bits per heavy atom. The average Bonchev–Trinajstić information content (AvgIpc) is 3.28. The number of aliphatic imine (C=N–C) groups is 1. The first-order valence-electron chi connectivity index (χ1n) is 19.9. The highest BCUT2D eigenvalue weighted by molar-refractivity contribution is 5.91. The van der Waals surface area contributed by atoms with E-state index in [0.29, 0.717) is 25.9 Å². The number of hydrogen-bond donors (Lipinski definition) is 2. The number of aromatic nitrogens is 1. The van der Waals surface area contributed by atoms with Gasteiger partial charge in [-0.1, -0.05) is 51.1 Å². The third-order valence-electron chi connectivity index (χ3n) is 12.2. The van der Waals surface area contributed by atoms with Crippen LogP contribution in [0.5, 0.6) is 0 Å². The Balaban J connectivity index is 1.41. The Morgan fingerprint density at radius 1 is 1.12 bits per heavy atom. The molecule has 56 heavy (non-hydrogen) atoms. The summed E-state index contributed by atoms with van der Waals surface area (Å²) >= 11 is 0. The number of benzene rings is 1. The van der Waals surface area contributed by atoms with E-state index >= 15 is 0 Å². The molecule has 1 aromatic carbocycles. The molecule has 2 bridgehead atoms. The van der Waals surface area contributed by atoms with Crippen LogP contribution < -0.4 is 0 Å². The number of aliphatic hydroxyl groups is 2. The molecule has 6 rings (SSSR count). The highest BCUT2D eigenvalue weighted by Gasteiger charge is 2.60. The minimum absolute atomic E-state index is 0.182. The van der Waals surface area contributed by atoms with E-state index in [-0.39, 0.29) is 36.2 Å². The second-order valence-electron chi connectivity index (χ2n) is 16.8. The van der Waals surface area contributed by atoms with Gasteiger partial charge in [0.15, 0.2) is 18.0 Å². The Bertz CT molecular complexity index is 1830. The summed E-state index contributed by atoms with van der Waals surface area (Å²) in [7, 11) is 3.86. The number of fused-ring (bicyclic) bond motifs is 2. The molecule has 12 atom stereocenters. The second-order valence-corrected chi connectivity index (χ2v) is 16.8. The van der Waals surface area contributed by atoms with Gasteiger partial charge in [-0.2, -0.15) is 0 Å². The van der Waals surface area contributed by atoms with Crippen molar-refractivity contribution in [2.45, 2.75) is 115 Å². The molecule has 13 nitrogen and oxygen atoms in total. The van der Waals surface area contributed by atoms with Crippen molar-refractivity contribution in [2.75, 3.05) is 40.4 Å². The number of carbonyl (C=O) groups is 2. The summed E-state index contributed by atoms with van der Waals surface area (Å²) < 4.78 is 32.2. The highest BCUT2D eigenvalue weighted by Crippen LogP contribution is 2.43. The van der Waals surface area contributed by atoms with Crippen molar-refractivity contribution in [3.63, 3.8) is 0 Å². The molecule has 2 fully saturated rings. The van der Waals surface area contributed by atoms with E-state index in [2.05, 4.69) is 18.0 Å². The Morgan fingerprint density at radius 2 is 1.89 bits per heavy atom. The quantitative estimate of drug-likeness (QED) is 0.348. The summed E-state index contributed by atoms with van der Waals surface area (Å²) in [6.07, 6.45) is 4.09. The van der Waals surface area contributed by atoms with Gasteiger partial charge in [0.05, 0.1) is 49.1 Å². The molecule has 0 saturated carbocycles. The molecule has 1 unspecified atom stereocenters. The van der Waals surface area contributed by atoms with Crippen LogP contribution >= 0.6 is 0 Å². The molecule has 2 N–H and O–H groups in total. The summed E-state index contributed by atoms with van der Waals surface area (Å²) in [5.74, 6) is -1.63. The molecular formula is C43H60N4O9. The number of hydrogen-bond acceptors (Lipinski definition) is 12. The topological polar surface area (TPSA) is 152 Å². The monoisotopic (exact) mass is 776 g/mol. The average molecular weight is 777 g/mol. The molecule has 4 aliphatic heterocycles. The van der Waals surface area contributed by atoms with Gasteiger partial charge in [0, 0.05) is 47.3 Å². The van der Waals surface area contributed by atoms with Gasteiger partial charge >= 0.3 is 12.1 Å². The van der Waals surface area contributed by atoms with E-state index in [1.54, 1.807) is 31.0 Å². The van der Waals surface area contributed by atoms with Gasteiger partial charge in [0.2, 0.25) is 0 Å². The van der Waals surface area contributed by atoms with Gasteiger partial charge in [0.25, 0.3) is 0 Å². The fourth-order valence-electron chi connectivity index (χ4n) is 9.50. The molecule has 2 saturated heterocycles. The predicted octanol–water partition coefficient (Wildman–Crippen LogP) is 5.03. The van der Waals surface area contributed by atoms with Gasteiger partial charge in [-0.15, -0.1) is 0 Å². The largest absolute Gasteiger partial charge is 0.452 e. The lowest BCUT2D eigenvalue weighted by Gasteiger charge is -2.47. The van der Waals surface area contributed by atoms with Gasteiger partial charge < -0.3 is 38.8 Å². The van der Waals surface area contributed by atoms with Crippen molar-refractivity contribution in [1.82, 2.24) is 14.8 Å². The van der Waals surface area contributed by atoms with Crippen LogP contribution in [0.2, 0.25) is 0 Å². The van der Waals surface area contributed by atoms with Crippen LogP contribution in [0.1, 0.15) is 66.9 Å². The van der Waals surface area contributed by atoms with E-state index in [0.717, 1.165) is 22.2 Å². The zero-order valence-corrected chi connectivity index (χ0v) is 34.3. The molecule has 13 heteroatoms. The zero-order chi connectivity index (χ0) is 40.5.